The van der Waals surface area contributed by atoms with E-state index in [2.05, 4.69) is 0 Å². The third-order valence-electron chi connectivity index (χ3n) is 4.07. The monoisotopic (exact) mass is 320 g/mol. The van der Waals surface area contributed by atoms with Gasteiger partial charge in [-0.2, -0.15) is 0 Å². The number of piperazine rings is 1. The molecule has 2 atom stereocenters. The topological polar surface area (TPSA) is 69.9 Å². The van der Waals surface area contributed by atoms with Crippen LogP contribution < -0.4 is 5.73 Å². The van der Waals surface area contributed by atoms with Gasteiger partial charge in [0.25, 0.3) is 0 Å². The highest BCUT2D eigenvalue weighted by molar-refractivity contribution is 5.85. The van der Waals surface area contributed by atoms with Crippen LogP contribution in [0.5, 0.6) is 0 Å². The molecule has 7 heteroatoms. The fraction of sp³-hybridized carbons (Fsp3) is 0.857. The standard InChI is InChI=1S/C14H28N4O2.ClH/c1-5-16(6-2)14(20)18-9-7-17(8-10-18)13(19)11(3)12(4)15;/h11-12H,5-10,15H2,1-4H3;1H. The van der Waals surface area contributed by atoms with E-state index >= 15 is 0 Å². The quantitative estimate of drug-likeness (QED) is 0.840. The van der Waals surface area contributed by atoms with Gasteiger partial charge in [-0.3, -0.25) is 4.79 Å². The summed E-state index contributed by atoms with van der Waals surface area (Å²) in [5, 5.41) is 0. The van der Waals surface area contributed by atoms with E-state index in [1.807, 2.05) is 42.4 Å². The molecule has 3 amide bonds. The lowest BCUT2D eigenvalue weighted by molar-refractivity contribution is -0.137. The van der Waals surface area contributed by atoms with Crippen LogP contribution in [0.2, 0.25) is 0 Å². The molecule has 1 aliphatic rings. The highest BCUT2D eigenvalue weighted by Crippen LogP contribution is 2.11. The molecule has 1 aliphatic heterocycles. The fourth-order valence-electron chi connectivity index (χ4n) is 2.33. The smallest absolute Gasteiger partial charge is 0.320 e. The number of carbonyl (C=O) groups is 2. The van der Waals surface area contributed by atoms with Crippen LogP contribution in [0.1, 0.15) is 27.7 Å². The average molecular weight is 321 g/mol. The van der Waals surface area contributed by atoms with Gasteiger partial charge >= 0.3 is 6.03 Å². The van der Waals surface area contributed by atoms with E-state index in [-0.39, 0.29) is 36.3 Å². The minimum Gasteiger partial charge on any atom is -0.339 e. The van der Waals surface area contributed by atoms with Crippen LogP contribution in [0.25, 0.3) is 0 Å². The number of nitrogens with two attached hydrogens (primary N) is 1. The van der Waals surface area contributed by atoms with Crippen molar-refractivity contribution < 1.29 is 9.59 Å². The molecule has 2 N–H and O–H groups in total. The predicted octanol–water partition coefficient (Wildman–Crippen LogP) is 0.998. The number of carbonyl (C=O) groups excluding carboxylic acids is 2. The maximum Gasteiger partial charge on any atom is 0.320 e. The summed E-state index contributed by atoms with van der Waals surface area (Å²) in [5.41, 5.74) is 5.78. The van der Waals surface area contributed by atoms with E-state index in [1.54, 1.807) is 0 Å². The molecule has 1 fully saturated rings. The summed E-state index contributed by atoms with van der Waals surface area (Å²) in [6.45, 7) is 11.5. The van der Waals surface area contributed by atoms with Crippen LogP contribution in [0.3, 0.4) is 0 Å². The number of hydrogen-bond acceptors (Lipinski definition) is 3. The summed E-state index contributed by atoms with van der Waals surface area (Å²) in [6.07, 6.45) is 0. The van der Waals surface area contributed by atoms with Gasteiger partial charge in [0.05, 0.1) is 5.92 Å². The Bertz CT molecular complexity index is 318. The van der Waals surface area contributed by atoms with Crippen molar-refractivity contribution in [3.8, 4) is 0 Å². The Labute approximate surface area is 134 Å². The van der Waals surface area contributed by atoms with Gasteiger partial charge in [0.1, 0.15) is 0 Å². The third-order valence-corrected chi connectivity index (χ3v) is 4.07. The van der Waals surface area contributed by atoms with Crippen molar-refractivity contribution in [2.75, 3.05) is 39.3 Å². The summed E-state index contributed by atoms with van der Waals surface area (Å²) < 4.78 is 0. The van der Waals surface area contributed by atoms with Crippen LogP contribution in [0, 0.1) is 5.92 Å². The molecule has 0 aromatic heterocycles. The molecule has 0 aliphatic carbocycles. The minimum absolute atomic E-state index is 0. The van der Waals surface area contributed by atoms with Gasteiger partial charge < -0.3 is 20.4 Å². The first kappa shape index (κ1) is 20.0. The molecule has 2 unspecified atom stereocenters. The molecule has 0 aromatic rings. The average Bonchev–Trinajstić information content (AvgIpc) is 2.46. The van der Waals surface area contributed by atoms with E-state index < -0.39 is 0 Å². The molecule has 124 valence electrons. The zero-order valence-electron chi connectivity index (χ0n) is 13.5. The van der Waals surface area contributed by atoms with Gasteiger partial charge in [0.15, 0.2) is 0 Å². The van der Waals surface area contributed by atoms with Crippen LogP contribution in [-0.2, 0) is 4.79 Å². The summed E-state index contributed by atoms with van der Waals surface area (Å²) in [4.78, 5) is 29.9. The molecule has 6 nitrogen and oxygen atoms in total. The van der Waals surface area contributed by atoms with E-state index in [4.69, 9.17) is 5.73 Å². The number of nitrogens with zero attached hydrogens (tertiary/aromatic N) is 3. The molecule has 1 rings (SSSR count). The van der Waals surface area contributed by atoms with Crippen molar-refractivity contribution in [2.45, 2.75) is 33.7 Å². The fourth-order valence-corrected chi connectivity index (χ4v) is 2.33. The van der Waals surface area contributed by atoms with Gasteiger partial charge in [0, 0.05) is 45.3 Å². The molecular formula is C14H29ClN4O2. The second-order valence-electron chi connectivity index (χ2n) is 5.41. The molecule has 0 aromatic carbocycles. The Morgan fingerprint density at radius 3 is 1.86 bits per heavy atom. The van der Waals surface area contributed by atoms with Crippen molar-refractivity contribution in [1.29, 1.82) is 0 Å². The first-order valence-corrected chi connectivity index (χ1v) is 7.50. The van der Waals surface area contributed by atoms with Crippen molar-refractivity contribution in [3.05, 3.63) is 0 Å². The predicted molar refractivity (Wildman–Crippen MR) is 86.5 cm³/mol. The number of halogens is 1. The van der Waals surface area contributed by atoms with Crippen LogP contribution in [0.4, 0.5) is 4.79 Å². The first-order chi connectivity index (χ1) is 9.42. The van der Waals surface area contributed by atoms with E-state index in [0.717, 1.165) is 13.1 Å². The molecule has 0 radical (unpaired) electrons. The lowest BCUT2D eigenvalue weighted by Gasteiger charge is -2.38. The van der Waals surface area contributed by atoms with E-state index in [1.165, 1.54) is 0 Å². The number of hydrogen-bond donors (Lipinski definition) is 1. The minimum atomic E-state index is -0.167. The molecule has 1 heterocycles. The summed E-state index contributed by atoms with van der Waals surface area (Å²) in [5.74, 6) is -0.0741. The second-order valence-corrected chi connectivity index (χ2v) is 5.41. The van der Waals surface area contributed by atoms with Crippen LogP contribution in [0.15, 0.2) is 0 Å². The summed E-state index contributed by atoms with van der Waals surface area (Å²) in [6, 6.07) is -0.0693. The number of amides is 3. The molecule has 1 saturated heterocycles. The molecule has 0 spiro atoms. The Morgan fingerprint density at radius 2 is 1.48 bits per heavy atom. The molecule has 0 bridgehead atoms. The van der Waals surface area contributed by atoms with Crippen molar-refractivity contribution in [3.63, 3.8) is 0 Å². The van der Waals surface area contributed by atoms with Gasteiger partial charge in [-0.25, -0.2) is 4.79 Å². The summed E-state index contributed by atoms with van der Waals surface area (Å²) >= 11 is 0. The maximum atomic E-state index is 12.2. The van der Waals surface area contributed by atoms with Gasteiger partial charge in [-0.15, -0.1) is 12.4 Å². The number of urea groups is 1. The highest BCUT2D eigenvalue weighted by Gasteiger charge is 2.29. The number of rotatable bonds is 4. The normalized spacial score (nSPS) is 17.8. The Kier molecular flexibility index (Phi) is 8.66. The zero-order valence-corrected chi connectivity index (χ0v) is 14.4. The van der Waals surface area contributed by atoms with Gasteiger partial charge in [-0.05, 0) is 20.8 Å². The SMILES string of the molecule is CCN(CC)C(=O)N1CCN(C(=O)C(C)C(C)N)CC1.Cl. The third kappa shape index (κ3) is 5.04. The van der Waals surface area contributed by atoms with Gasteiger partial charge in [0.2, 0.25) is 5.91 Å². The Balaban J connectivity index is 0.00000400. The Hall–Kier alpha value is -1.01. The molecule has 21 heavy (non-hydrogen) atoms. The molecule has 0 saturated carbocycles. The van der Waals surface area contributed by atoms with E-state index in [0.29, 0.717) is 26.2 Å². The largest absolute Gasteiger partial charge is 0.339 e. The maximum absolute atomic E-state index is 12.2. The van der Waals surface area contributed by atoms with E-state index in [9.17, 15) is 9.59 Å². The van der Waals surface area contributed by atoms with Gasteiger partial charge in [-0.1, -0.05) is 6.92 Å². The van der Waals surface area contributed by atoms with Crippen molar-refractivity contribution in [1.82, 2.24) is 14.7 Å². The summed E-state index contributed by atoms with van der Waals surface area (Å²) in [7, 11) is 0. The second kappa shape index (κ2) is 9.10. The van der Waals surface area contributed by atoms with Crippen LogP contribution in [-0.4, -0.2) is 71.9 Å². The Morgan fingerprint density at radius 1 is 1.05 bits per heavy atom. The lowest BCUT2D eigenvalue weighted by atomic mass is 10.0. The van der Waals surface area contributed by atoms with Crippen molar-refractivity contribution >= 4 is 24.3 Å². The first-order valence-electron chi connectivity index (χ1n) is 7.50. The molecular weight excluding hydrogens is 292 g/mol. The highest BCUT2D eigenvalue weighted by atomic mass is 35.5. The lowest BCUT2D eigenvalue weighted by Crippen LogP contribution is -2.55. The van der Waals surface area contributed by atoms with Crippen LogP contribution >= 0.6 is 12.4 Å². The zero-order chi connectivity index (χ0) is 15.3. The van der Waals surface area contributed by atoms with Crippen molar-refractivity contribution in [2.24, 2.45) is 11.7 Å².